The van der Waals surface area contributed by atoms with E-state index in [2.05, 4.69) is 20.5 Å². The average Bonchev–Trinajstić information content (AvgIpc) is 3.03. The van der Waals surface area contributed by atoms with Gasteiger partial charge in [0.05, 0.1) is 12.1 Å². The van der Waals surface area contributed by atoms with E-state index < -0.39 is 29.9 Å². The number of nitrogens with two attached hydrogens (primary N) is 1. The molecule has 31 heavy (non-hydrogen) atoms. The first kappa shape index (κ1) is 21.9. The summed E-state index contributed by atoms with van der Waals surface area (Å²) in [6.45, 7) is 1.97. The highest BCUT2D eigenvalue weighted by Gasteiger charge is 2.32. The summed E-state index contributed by atoms with van der Waals surface area (Å²) in [5.41, 5.74) is 7.00. The van der Waals surface area contributed by atoms with Crippen molar-refractivity contribution < 1.29 is 31.9 Å². The number of aryl methyl sites for hydroxylation is 1. The number of primary amides is 1. The Morgan fingerprint density at radius 2 is 1.97 bits per heavy atom. The monoisotopic (exact) mass is 439 g/mol. The van der Waals surface area contributed by atoms with Crippen LogP contribution in [0.1, 0.15) is 16.1 Å². The van der Waals surface area contributed by atoms with E-state index in [4.69, 9.17) is 5.73 Å². The number of urea groups is 1. The predicted molar refractivity (Wildman–Crippen MR) is 103 cm³/mol. The van der Waals surface area contributed by atoms with Crippen LogP contribution in [0.4, 0.5) is 28.0 Å². The Labute approximate surface area is 173 Å². The van der Waals surface area contributed by atoms with Crippen molar-refractivity contribution in [2.45, 2.75) is 19.8 Å². The van der Waals surface area contributed by atoms with Gasteiger partial charge in [0.2, 0.25) is 0 Å². The van der Waals surface area contributed by atoms with Crippen LogP contribution < -0.4 is 21.1 Å². The van der Waals surface area contributed by atoms with Gasteiger partial charge in [0, 0.05) is 23.7 Å². The van der Waals surface area contributed by atoms with E-state index >= 15 is 0 Å². The highest BCUT2D eigenvalue weighted by molar-refractivity contribution is 6.05. The Morgan fingerprint density at radius 1 is 1.23 bits per heavy atom. The number of hydrogen-bond acceptors (Lipinski definition) is 4. The second kappa shape index (κ2) is 8.50. The third kappa shape index (κ3) is 5.21. The average molecular weight is 439 g/mol. The van der Waals surface area contributed by atoms with E-state index in [1.165, 1.54) is 4.68 Å². The van der Waals surface area contributed by atoms with Crippen molar-refractivity contribution in [2.75, 3.05) is 11.9 Å². The van der Waals surface area contributed by atoms with Gasteiger partial charge in [-0.15, -0.1) is 13.2 Å². The summed E-state index contributed by atoms with van der Waals surface area (Å²) in [6, 6.07) is 7.08. The normalized spacial score (nSPS) is 11.4. The zero-order valence-corrected chi connectivity index (χ0v) is 16.1. The van der Waals surface area contributed by atoms with Gasteiger partial charge < -0.3 is 21.1 Å². The van der Waals surface area contributed by atoms with E-state index in [0.29, 0.717) is 17.0 Å². The van der Waals surface area contributed by atoms with Gasteiger partial charge in [-0.2, -0.15) is 5.10 Å². The number of fused-ring (bicyclic) bond motifs is 1. The minimum atomic E-state index is -5.03. The van der Waals surface area contributed by atoms with Crippen molar-refractivity contribution in [3.63, 3.8) is 0 Å². The summed E-state index contributed by atoms with van der Waals surface area (Å²) in [7, 11) is 0. The molecule has 0 unspecified atom stereocenters. The molecule has 0 aliphatic heterocycles. The van der Waals surface area contributed by atoms with E-state index in [1.54, 1.807) is 12.1 Å². The Balaban J connectivity index is 1.62. The van der Waals surface area contributed by atoms with E-state index in [0.717, 1.165) is 17.7 Å². The van der Waals surface area contributed by atoms with Crippen LogP contribution in [0.5, 0.6) is 5.75 Å². The molecule has 1 aromatic heterocycles. The quantitative estimate of drug-likeness (QED) is 0.512. The van der Waals surface area contributed by atoms with Crippen molar-refractivity contribution in [1.29, 1.82) is 0 Å². The third-order valence-corrected chi connectivity index (χ3v) is 4.23. The first-order valence-electron chi connectivity index (χ1n) is 8.91. The number of nitrogens with zero attached hydrogens (tertiary/aromatic N) is 2. The van der Waals surface area contributed by atoms with E-state index in [-0.39, 0.29) is 24.5 Å². The van der Waals surface area contributed by atoms with Gasteiger partial charge in [-0.05, 0) is 30.7 Å². The molecule has 2 aromatic carbocycles. The topological polar surface area (TPSA) is 111 Å². The molecule has 0 aliphatic rings. The number of ether oxygens (including phenoxy) is 1. The summed E-state index contributed by atoms with van der Waals surface area (Å²) in [5, 5.41) is 9.70. The van der Waals surface area contributed by atoms with Crippen molar-refractivity contribution in [2.24, 2.45) is 5.73 Å². The second-order valence-electron chi connectivity index (χ2n) is 6.48. The fourth-order valence-electron chi connectivity index (χ4n) is 3.00. The number of anilines is 1. The number of amides is 3. The molecule has 0 aliphatic carbocycles. The number of hydrogen-bond donors (Lipinski definition) is 3. The minimum absolute atomic E-state index is 0.0386. The first-order chi connectivity index (χ1) is 14.5. The van der Waals surface area contributed by atoms with Crippen LogP contribution in [0.25, 0.3) is 10.9 Å². The number of carbonyl (C=O) groups excluding carboxylic acids is 2. The molecular formula is C19H17F4N5O3. The maximum atomic E-state index is 13.7. The van der Waals surface area contributed by atoms with Gasteiger partial charge in [0.25, 0.3) is 5.91 Å². The van der Waals surface area contributed by atoms with Crippen molar-refractivity contribution in [3.05, 3.63) is 53.5 Å². The molecule has 12 heteroatoms. The van der Waals surface area contributed by atoms with E-state index in [1.807, 2.05) is 13.0 Å². The summed E-state index contributed by atoms with van der Waals surface area (Å²) in [6.07, 6.45) is -5.03. The summed E-state index contributed by atoms with van der Waals surface area (Å²) in [4.78, 5) is 23.9. The highest BCUT2D eigenvalue weighted by atomic mass is 19.4. The Kier molecular flexibility index (Phi) is 5.99. The van der Waals surface area contributed by atoms with Gasteiger partial charge in [-0.3, -0.25) is 9.48 Å². The Morgan fingerprint density at radius 3 is 2.61 bits per heavy atom. The van der Waals surface area contributed by atoms with Crippen molar-refractivity contribution in [3.8, 4) is 5.75 Å². The fourth-order valence-corrected chi connectivity index (χ4v) is 3.00. The fraction of sp³-hybridized carbons (Fsp3) is 0.211. The standard InChI is InChI=1S/C19H17F4N5O3/c1-10-3-2-4-13-15(10)16(17(24)29)28(27-13)8-7-25-18(30)26-11-5-6-14(12(20)9-11)31-19(21,22)23/h2-6,9H,7-8H2,1H3,(H2,24,29)(H2,25,26,30). The third-order valence-electron chi connectivity index (χ3n) is 4.23. The molecule has 3 aromatic rings. The molecule has 0 saturated heterocycles. The molecule has 0 atom stereocenters. The number of carbonyl (C=O) groups is 2. The SMILES string of the molecule is Cc1cccc2nn(CCNC(=O)Nc3ccc(OC(F)(F)F)c(F)c3)c(C(N)=O)c12. The predicted octanol–water partition coefficient (Wildman–Crippen LogP) is 3.30. The Hall–Kier alpha value is -3.83. The molecule has 0 saturated carbocycles. The molecule has 3 amide bonds. The number of nitrogens with one attached hydrogen (secondary N) is 2. The lowest BCUT2D eigenvalue weighted by Gasteiger charge is -2.12. The molecule has 0 radical (unpaired) electrons. The molecule has 4 N–H and O–H groups in total. The van der Waals surface area contributed by atoms with Gasteiger partial charge in [-0.1, -0.05) is 12.1 Å². The van der Waals surface area contributed by atoms with Crippen LogP contribution in [0.3, 0.4) is 0 Å². The summed E-state index contributed by atoms with van der Waals surface area (Å²) in [5.74, 6) is -2.98. The maximum absolute atomic E-state index is 13.7. The minimum Gasteiger partial charge on any atom is -0.403 e. The van der Waals surface area contributed by atoms with Gasteiger partial charge in [0.1, 0.15) is 5.69 Å². The lowest BCUT2D eigenvalue weighted by atomic mass is 10.1. The summed E-state index contributed by atoms with van der Waals surface area (Å²) >= 11 is 0. The first-order valence-corrected chi connectivity index (χ1v) is 8.91. The number of rotatable bonds is 6. The second-order valence-corrected chi connectivity index (χ2v) is 6.48. The lowest BCUT2D eigenvalue weighted by Crippen LogP contribution is -2.32. The van der Waals surface area contributed by atoms with Crippen LogP contribution in [-0.4, -0.2) is 34.6 Å². The molecule has 164 valence electrons. The van der Waals surface area contributed by atoms with Crippen LogP contribution in [0.2, 0.25) is 0 Å². The highest BCUT2D eigenvalue weighted by Crippen LogP contribution is 2.27. The number of benzene rings is 2. The van der Waals surface area contributed by atoms with Gasteiger partial charge in [0.15, 0.2) is 11.6 Å². The molecule has 3 rings (SSSR count). The molecular weight excluding hydrogens is 422 g/mol. The number of aromatic nitrogens is 2. The van der Waals surface area contributed by atoms with E-state index in [9.17, 15) is 27.2 Å². The number of alkyl halides is 3. The zero-order chi connectivity index (χ0) is 22.8. The maximum Gasteiger partial charge on any atom is 0.573 e. The molecule has 0 fully saturated rings. The van der Waals surface area contributed by atoms with Crippen LogP contribution in [0.15, 0.2) is 36.4 Å². The largest absolute Gasteiger partial charge is 0.573 e. The molecule has 0 bridgehead atoms. The molecule has 0 spiro atoms. The molecule has 8 nitrogen and oxygen atoms in total. The lowest BCUT2D eigenvalue weighted by molar-refractivity contribution is -0.275. The van der Waals surface area contributed by atoms with Crippen LogP contribution in [-0.2, 0) is 6.54 Å². The number of halogens is 4. The van der Waals surface area contributed by atoms with Crippen LogP contribution in [0, 0.1) is 12.7 Å². The van der Waals surface area contributed by atoms with Crippen LogP contribution >= 0.6 is 0 Å². The molecule has 1 heterocycles. The van der Waals surface area contributed by atoms with Crippen molar-refractivity contribution in [1.82, 2.24) is 15.1 Å². The smallest absolute Gasteiger partial charge is 0.403 e. The van der Waals surface area contributed by atoms with Gasteiger partial charge >= 0.3 is 12.4 Å². The zero-order valence-electron chi connectivity index (χ0n) is 16.1. The van der Waals surface area contributed by atoms with Crippen molar-refractivity contribution >= 4 is 28.5 Å². The Bertz CT molecular complexity index is 1140. The van der Waals surface area contributed by atoms with Gasteiger partial charge in [-0.25, -0.2) is 9.18 Å². The summed E-state index contributed by atoms with van der Waals surface area (Å²) < 4.78 is 55.1.